The number of rotatable bonds is 8. The second-order valence-corrected chi connectivity index (χ2v) is 12.0. The van der Waals surface area contributed by atoms with Crippen molar-refractivity contribution in [1.82, 2.24) is 9.88 Å². The first-order chi connectivity index (χ1) is 20.8. The van der Waals surface area contributed by atoms with E-state index in [9.17, 15) is 18.8 Å². The maximum absolute atomic E-state index is 15.2. The molecule has 2 atom stereocenters. The smallest absolute Gasteiger partial charge is 0.271 e. The molecule has 0 bridgehead atoms. The Hall–Kier alpha value is -4.70. The maximum atomic E-state index is 15.2. The third-order valence-corrected chi connectivity index (χ3v) is 9.79. The minimum Gasteiger partial charge on any atom is -0.497 e. The van der Waals surface area contributed by atoms with Crippen LogP contribution in [0.4, 0.5) is 5.69 Å². The van der Waals surface area contributed by atoms with Gasteiger partial charge in [0, 0.05) is 17.7 Å². The topological polar surface area (TPSA) is 146 Å². The van der Waals surface area contributed by atoms with Gasteiger partial charge in [-0.05, 0) is 73.0 Å². The van der Waals surface area contributed by atoms with Gasteiger partial charge in [-0.1, -0.05) is 6.07 Å². The van der Waals surface area contributed by atoms with Crippen LogP contribution in [-0.2, 0) is 27.0 Å². The van der Waals surface area contributed by atoms with Crippen LogP contribution in [0.15, 0.2) is 82.4 Å². The molecule has 1 aromatic heterocycles. The summed E-state index contributed by atoms with van der Waals surface area (Å²) >= 11 is 0. The summed E-state index contributed by atoms with van der Waals surface area (Å²) in [7, 11) is -1.54. The summed E-state index contributed by atoms with van der Waals surface area (Å²) in [6.45, 7) is 0.0430. The van der Waals surface area contributed by atoms with Crippen molar-refractivity contribution in [1.29, 1.82) is 5.26 Å². The van der Waals surface area contributed by atoms with Gasteiger partial charge < -0.3 is 19.0 Å². The number of aliphatic hydroxyl groups is 1. The summed E-state index contributed by atoms with van der Waals surface area (Å²) in [4.78, 5) is 21.4. The van der Waals surface area contributed by atoms with Crippen LogP contribution in [0.5, 0.6) is 11.5 Å². The maximum Gasteiger partial charge on any atom is 0.271 e. The molecule has 6 rings (SSSR count). The van der Waals surface area contributed by atoms with E-state index in [-0.39, 0.29) is 22.8 Å². The lowest BCUT2D eigenvalue weighted by Crippen LogP contribution is -2.54. The summed E-state index contributed by atoms with van der Waals surface area (Å²) in [5, 5.41) is 20.0. The number of nitriles is 1. The van der Waals surface area contributed by atoms with Crippen molar-refractivity contribution in [3.8, 4) is 17.6 Å². The first-order valence-corrected chi connectivity index (χ1v) is 15.0. The highest BCUT2D eigenvalue weighted by Crippen LogP contribution is 2.56. The molecule has 0 aliphatic carbocycles. The van der Waals surface area contributed by atoms with E-state index in [0.717, 1.165) is 4.31 Å². The molecule has 3 heterocycles. The number of anilines is 1. The molecular weight excluding hydrogens is 572 g/mol. The Balaban J connectivity index is 1.69. The number of aliphatic hydroxyl groups excluding tert-OH is 1. The Bertz CT molecular complexity index is 1830. The number of sulfonamides is 1. The third-order valence-electron chi connectivity index (χ3n) is 8.08. The molecule has 11 nitrogen and oxygen atoms in total. The number of fused-ring (bicyclic) bond motifs is 1. The van der Waals surface area contributed by atoms with Gasteiger partial charge in [0.1, 0.15) is 17.8 Å². The molecule has 3 aromatic carbocycles. The van der Waals surface area contributed by atoms with Crippen molar-refractivity contribution in [2.45, 2.75) is 35.9 Å². The van der Waals surface area contributed by atoms with Crippen molar-refractivity contribution in [3.05, 3.63) is 101 Å². The van der Waals surface area contributed by atoms with Crippen molar-refractivity contribution in [2.75, 3.05) is 25.1 Å². The summed E-state index contributed by atoms with van der Waals surface area (Å²) in [5.74, 6) is 0.355. The van der Waals surface area contributed by atoms with Gasteiger partial charge in [0.2, 0.25) is 5.89 Å². The van der Waals surface area contributed by atoms with E-state index in [2.05, 4.69) is 11.1 Å². The number of nitrogens with zero attached hydrogens (tertiary/aromatic N) is 4. The van der Waals surface area contributed by atoms with Crippen LogP contribution >= 0.6 is 0 Å². The van der Waals surface area contributed by atoms with Crippen LogP contribution in [0.1, 0.15) is 47.0 Å². The Labute approximate surface area is 248 Å². The molecule has 43 heavy (non-hydrogen) atoms. The zero-order valence-corrected chi connectivity index (χ0v) is 24.2. The van der Waals surface area contributed by atoms with Crippen LogP contribution in [0.3, 0.4) is 0 Å². The molecule has 1 N–H and O–H groups in total. The minimum atomic E-state index is -4.47. The van der Waals surface area contributed by atoms with Gasteiger partial charge in [0.05, 0.1) is 55.3 Å². The highest BCUT2D eigenvalue weighted by molar-refractivity contribution is 7.93. The molecule has 12 heteroatoms. The SMILES string of the molecule is COc1ccc(S(=O)(=O)N2C(=O)C(c3cc(CO)ccc3OC)(N3CCCC3c3ncco3)c3cc(C#N)ccc32)cc1. The highest BCUT2D eigenvalue weighted by Gasteiger charge is 2.62. The first-order valence-electron chi connectivity index (χ1n) is 13.5. The van der Waals surface area contributed by atoms with Crippen molar-refractivity contribution in [2.24, 2.45) is 0 Å². The summed E-state index contributed by atoms with van der Waals surface area (Å²) in [6.07, 6.45) is 4.20. The van der Waals surface area contributed by atoms with Crippen molar-refractivity contribution >= 4 is 21.6 Å². The predicted molar refractivity (Wildman–Crippen MR) is 154 cm³/mol. The van der Waals surface area contributed by atoms with E-state index in [0.29, 0.717) is 53.5 Å². The van der Waals surface area contributed by atoms with E-state index in [1.807, 2.05) is 4.90 Å². The van der Waals surface area contributed by atoms with E-state index in [4.69, 9.17) is 13.9 Å². The van der Waals surface area contributed by atoms with Gasteiger partial charge in [-0.3, -0.25) is 9.69 Å². The molecule has 2 aliphatic rings. The van der Waals surface area contributed by atoms with Gasteiger partial charge in [0.25, 0.3) is 15.9 Å². The predicted octanol–water partition coefficient (Wildman–Crippen LogP) is 3.87. The quantitative estimate of drug-likeness (QED) is 0.316. The minimum absolute atomic E-state index is 0.106. The number of oxazole rings is 1. The molecule has 2 aliphatic heterocycles. The summed E-state index contributed by atoms with van der Waals surface area (Å²) < 4.78 is 46.2. The number of ether oxygens (including phenoxy) is 2. The average Bonchev–Trinajstić information content (AvgIpc) is 3.79. The van der Waals surface area contributed by atoms with E-state index in [1.165, 1.54) is 63.1 Å². The number of methoxy groups -OCH3 is 2. The molecule has 4 aromatic rings. The average molecular weight is 601 g/mol. The van der Waals surface area contributed by atoms with E-state index >= 15 is 4.79 Å². The second kappa shape index (κ2) is 10.9. The van der Waals surface area contributed by atoms with Crippen LogP contribution < -0.4 is 13.8 Å². The fourth-order valence-electron chi connectivity index (χ4n) is 6.19. The Morgan fingerprint density at radius 2 is 1.88 bits per heavy atom. The lowest BCUT2D eigenvalue weighted by molar-refractivity contribution is -0.127. The van der Waals surface area contributed by atoms with Gasteiger partial charge in [-0.15, -0.1) is 0 Å². The number of hydrogen-bond donors (Lipinski definition) is 1. The fraction of sp³-hybridized carbons (Fsp3) is 0.258. The molecule has 1 saturated heterocycles. The number of carbonyl (C=O) groups excluding carboxylic acids is 1. The first kappa shape index (κ1) is 28.4. The second-order valence-electron chi connectivity index (χ2n) is 10.2. The molecule has 0 spiro atoms. The van der Waals surface area contributed by atoms with Crippen LogP contribution in [-0.4, -0.2) is 50.1 Å². The van der Waals surface area contributed by atoms with Gasteiger partial charge in [-0.25, -0.2) is 17.7 Å². The van der Waals surface area contributed by atoms with Gasteiger partial charge >= 0.3 is 0 Å². The number of carbonyl (C=O) groups is 1. The molecular formula is C31H28N4O7S. The third kappa shape index (κ3) is 4.27. The van der Waals surface area contributed by atoms with Crippen molar-refractivity contribution < 1.29 is 32.2 Å². The highest BCUT2D eigenvalue weighted by atomic mass is 32.2. The lowest BCUT2D eigenvalue weighted by Gasteiger charge is -2.41. The summed E-state index contributed by atoms with van der Waals surface area (Å²) in [6, 6.07) is 16.9. The molecule has 0 saturated carbocycles. The Morgan fingerprint density at radius 1 is 1.09 bits per heavy atom. The van der Waals surface area contributed by atoms with Crippen molar-refractivity contribution in [3.63, 3.8) is 0 Å². The number of aromatic nitrogens is 1. The molecule has 2 unspecified atom stereocenters. The zero-order valence-electron chi connectivity index (χ0n) is 23.4. The zero-order chi connectivity index (χ0) is 30.4. The Morgan fingerprint density at radius 3 is 2.53 bits per heavy atom. The monoisotopic (exact) mass is 600 g/mol. The standard InChI is InChI=1S/C31H28N4O7S/c1-40-22-7-9-23(10-8-22)43(38,39)35-26-11-5-20(18-32)16-24(26)31(30(35)37,25-17-21(19-36)6-12-28(25)41-2)34-14-3-4-27(34)29-33-13-15-42-29/h5-13,15-17,27,36H,3-4,14,19H2,1-2H3. The Kier molecular flexibility index (Phi) is 7.17. The normalized spacial score (nSPS) is 20.2. The van der Waals surface area contributed by atoms with E-state index < -0.39 is 27.5 Å². The number of likely N-dealkylation sites (tertiary alicyclic amines) is 1. The lowest BCUT2D eigenvalue weighted by atomic mass is 9.79. The van der Waals surface area contributed by atoms with Crippen LogP contribution in [0, 0.1) is 11.3 Å². The largest absolute Gasteiger partial charge is 0.497 e. The number of hydrogen-bond acceptors (Lipinski definition) is 10. The van der Waals surface area contributed by atoms with Crippen LogP contribution in [0.25, 0.3) is 0 Å². The molecule has 0 radical (unpaired) electrons. The molecule has 220 valence electrons. The van der Waals surface area contributed by atoms with E-state index in [1.54, 1.807) is 24.3 Å². The number of amides is 1. The van der Waals surface area contributed by atoms with Crippen LogP contribution in [0.2, 0.25) is 0 Å². The fourth-order valence-corrected chi connectivity index (χ4v) is 7.65. The molecule has 1 amide bonds. The van der Waals surface area contributed by atoms with Gasteiger partial charge in [-0.2, -0.15) is 5.26 Å². The van der Waals surface area contributed by atoms with Gasteiger partial charge in [0.15, 0.2) is 5.54 Å². The summed E-state index contributed by atoms with van der Waals surface area (Å²) in [5.41, 5.74) is -0.342. The molecule has 1 fully saturated rings. The number of benzene rings is 3.